The van der Waals surface area contributed by atoms with Crippen LogP contribution in [0.3, 0.4) is 0 Å². The van der Waals surface area contributed by atoms with Crippen LogP contribution < -0.4 is 4.74 Å². The van der Waals surface area contributed by atoms with Crippen LogP contribution in [0.4, 0.5) is 13.2 Å². The number of benzene rings is 1. The van der Waals surface area contributed by atoms with Crippen molar-refractivity contribution in [1.82, 2.24) is 4.90 Å². The van der Waals surface area contributed by atoms with Gasteiger partial charge >= 0.3 is 6.36 Å². The molecule has 1 aromatic rings. The number of halogens is 3. The summed E-state index contributed by atoms with van der Waals surface area (Å²) in [4.78, 5) is 13.7. The fourth-order valence-electron chi connectivity index (χ4n) is 2.28. The molecule has 1 heterocycles. The van der Waals surface area contributed by atoms with Crippen molar-refractivity contribution in [3.63, 3.8) is 0 Å². The Kier molecular flexibility index (Phi) is 5.46. The van der Waals surface area contributed by atoms with Crippen LogP contribution in [0, 0.1) is 0 Å². The van der Waals surface area contributed by atoms with Gasteiger partial charge in [-0.25, -0.2) is 0 Å². The molecule has 0 N–H and O–H groups in total. The summed E-state index contributed by atoms with van der Waals surface area (Å²) >= 11 is 0. The molecule has 2 rings (SSSR count). The van der Waals surface area contributed by atoms with Gasteiger partial charge in [0.05, 0.1) is 0 Å². The Hall–Kier alpha value is -1.83. The number of hydrogen-bond donors (Lipinski definition) is 0. The molecule has 0 bridgehead atoms. The molecular formula is C15H16F3NO3S. The Labute approximate surface area is 134 Å². The second-order valence-electron chi connectivity index (χ2n) is 5.11. The highest BCUT2D eigenvalue weighted by molar-refractivity contribution is 7.85. The molecule has 0 aromatic heterocycles. The lowest BCUT2D eigenvalue weighted by Crippen LogP contribution is -2.47. The summed E-state index contributed by atoms with van der Waals surface area (Å²) in [5.74, 6) is 0.137. The number of carbonyl (C=O) groups excluding carboxylic acids is 1. The summed E-state index contributed by atoms with van der Waals surface area (Å²) < 4.78 is 52.4. The van der Waals surface area contributed by atoms with Gasteiger partial charge in [-0.3, -0.25) is 9.00 Å². The van der Waals surface area contributed by atoms with E-state index in [4.69, 9.17) is 0 Å². The zero-order valence-electron chi connectivity index (χ0n) is 12.4. The SMILES string of the molecule is C[C@@H]1C[S@@](=O)CCN1C(=O)/C=C/c1ccccc1OC(F)(F)F. The molecule has 0 saturated carbocycles. The minimum atomic E-state index is -4.79. The number of nitrogens with zero attached hydrogens (tertiary/aromatic N) is 1. The van der Waals surface area contributed by atoms with E-state index in [2.05, 4.69) is 4.74 Å². The maximum atomic E-state index is 12.3. The maximum absolute atomic E-state index is 12.3. The third-order valence-corrected chi connectivity index (χ3v) is 4.84. The smallest absolute Gasteiger partial charge is 0.405 e. The minimum absolute atomic E-state index is 0.159. The molecular weight excluding hydrogens is 331 g/mol. The molecule has 2 atom stereocenters. The van der Waals surface area contributed by atoms with E-state index in [1.807, 2.05) is 0 Å². The second-order valence-corrected chi connectivity index (χ2v) is 6.73. The standard InChI is InChI=1S/C15H16F3NO3S/c1-11-10-23(21)9-8-19(11)14(20)7-6-12-4-2-3-5-13(12)22-15(16,17)18/h2-7,11H,8-10H2,1H3/b7-6+/t11-,23+/m1/s1. The molecule has 1 aromatic carbocycles. The van der Waals surface area contributed by atoms with Crippen LogP contribution in [0.5, 0.6) is 5.75 Å². The van der Waals surface area contributed by atoms with Crippen LogP contribution in [0.25, 0.3) is 6.08 Å². The largest absolute Gasteiger partial charge is 0.573 e. The molecule has 0 aliphatic carbocycles. The van der Waals surface area contributed by atoms with Gasteiger partial charge in [0.1, 0.15) is 5.75 Å². The zero-order valence-corrected chi connectivity index (χ0v) is 13.2. The topological polar surface area (TPSA) is 46.6 Å². The Morgan fingerprint density at radius 2 is 2.09 bits per heavy atom. The number of alkyl halides is 3. The second kappa shape index (κ2) is 7.16. The highest BCUT2D eigenvalue weighted by Gasteiger charge is 2.31. The van der Waals surface area contributed by atoms with E-state index in [0.29, 0.717) is 18.1 Å². The minimum Gasteiger partial charge on any atom is -0.405 e. The lowest BCUT2D eigenvalue weighted by molar-refractivity contribution is -0.274. The van der Waals surface area contributed by atoms with Crippen molar-refractivity contribution >= 4 is 22.8 Å². The van der Waals surface area contributed by atoms with Crippen molar-refractivity contribution in [2.75, 3.05) is 18.1 Å². The average Bonchev–Trinajstić information content (AvgIpc) is 2.44. The fraction of sp³-hybridized carbons (Fsp3) is 0.400. The molecule has 126 valence electrons. The third-order valence-electron chi connectivity index (χ3n) is 3.35. The molecule has 23 heavy (non-hydrogen) atoms. The van der Waals surface area contributed by atoms with E-state index >= 15 is 0 Å². The highest BCUT2D eigenvalue weighted by Crippen LogP contribution is 2.27. The van der Waals surface area contributed by atoms with Crippen molar-refractivity contribution in [3.8, 4) is 5.75 Å². The number of para-hydroxylation sites is 1. The van der Waals surface area contributed by atoms with Gasteiger partial charge in [0, 0.05) is 46.5 Å². The summed E-state index contributed by atoms with van der Waals surface area (Å²) in [5.41, 5.74) is 0.159. The predicted octanol–water partition coefficient (Wildman–Crippen LogP) is 2.58. The first-order valence-electron chi connectivity index (χ1n) is 6.95. The van der Waals surface area contributed by atoms with Crippen LogP contribution in [-0.2, 0) is 15.6 Å². The normalized spacial score (nSPS) is 22.3. The summed E-state index contributed by atoms with van der Waals surface area (Å²) in [7, 11) is -0.926. The van der Waals surface area contributed by atoms with Gasteiger partial charge < -0.3 is 9.64 Å². The summed E-state index contributed by atoms with van der Waals surface area (Å²) in [6.45, 7) is 2.17. The quantitative estimate of drug-likeness (QED) is 0.790. The molecule has 0 spiro atoms. The Balaban J connectivity index is 2.11. The Morgan fingerprint density at radius 3 is 2.74 bits per heavy atom. The Morgan fingerprint density at radius 1 is 1.39 bits per heavy atom. The number of hydrogen-bond acceptors (Lipinski definition) is 3. The van der Waals surface area contributed by atoms with Gasteiger partial charge in [-0.2, -0.15) is 0 Å². The number of rotatable bonds is 3. The van der Waals surface area contributed by atoms with E-state index in [1.165, 1.54) is 30.4 Å². The third kappa shape index (κ3) is 5.09. The molecule has 8 heteroatoms. The van der Waals surface area contributed by atoms with Crippen molar-refractivity contribution in [1.29, 1.82) is 0 Å². The van der Waals surface area contributed by atoms with E-state index in [-0.39, 0.29) is 23.3 Å². The molecule has 1 aliphatic heterocycles. The fourth-order valence-corrected chi connectivity index (χ4v) is 3.57. The average molecular weight is 347 g/mol. The van der Waals surface area contributed by atoms with E-state index < -0.39 is 17.2 Å². The monoisotopic (exact) mass is 347 g/mol. The maximum Gasteiger partial charge on any atom is 0.573 e. The first-order valence-corrected chi connectivity index (χ1v) is 8.43. The molecule has 4 nitrogen and oxygen atoms in total. The number of carbonyl (C=O) groups is 1. The highest BCUT2D eigenvalue weighted by atomic mass is 32.2. The molecule has 1 amide bonds. The van der Waals surface area contributed by atoms with Crippen molar-refractivity contribution in [2.45, 2.75) is 19.3 Å². The molecule has 1 fully saturated rings. The van der Waals surface area contributed by atoms with Gasteiger partial charge in [0.15, 0.2) is 0 Å². The van der Waals surface area contributed by atoms with E-state index in [1.54, 1.807) is 17.9 Å². The number of amides is 1. The molecule has 0 radical (unpaired) electrons. The summed E-state index contributed by atoms with van der Waals surface area (Å²) in [6, 6.07) is 5.43. The predicted molar refractivity (Wildman–Crippen MR) is 81.2 cm³/mol. The van der Waals surface area contributed by atoms with Crippen LogP contribution in [0.1, 0.15) is 12.5 Å². The van der Waals surface area contributed by atoms with Gasteiger partial charge in [0.25, 0.3) is 0 Å². The zero-order chi connectivity index (χ0) is 17.0. The van der Waals surface area contributed by atoms with E-state index in [0.717, 1.165) is 0 Å². The lowest BCUT2D eigenvalue weighted by atomic mass is 10.2. The van der Waals surface area contributed by atoms with Gasteiger partial charge in [-0.15, -0.1) is 13.2 Å². The van der Waals surface area contributed by atoms with E-state index in [9.17, 15) is 22.2 Å². The van der Waals surface area contributed by atoms with Crippen molar-refractivity contribution in [2.24, 2.45) is 0 Å². The first-order chi connectivity index (χ1) is 10.8. The van der Waals surface area contributed by atoms with Crippen molar-refractivity contribution < 1.29 is 26.9 Å². The number of ether oxygens (including phenoxy) is 1. The Bertz CT molecular complexity index is 631. The molecule has 1 saturated heterocycles. The van der Waals surface area contributed by atoms with Crippen LogP contribution in [0.2, 0.25) is 0 Å². The first kappa shape index (κ1) is 17.5. The van der Waals surface area contributed by atoms with Crippen LogP contribution in [-0.4, -0.2) is 45.5 Å². The van der Waals surface area contributed by atoms with Crippen LogP contribution in [0.15, 0.2) is 30.3 Å². The summed E-state index contributed by atoms with van der Waals surface area (Å²) in [5, 5.41) is 0. The summed E-state index contributed by atoms with van der Waals surface area (Å²) in [6.07, 6.45) is -2.29. The lowest BCUT2D eigenvalue weighted by Gasteiger charge is -2.32. The van der Waals surface area contributed by atoms with Gasteiger partial charge in [-0.1, -0.05) is 18.2 Å². The van der Waals surface area contributed by atoms with Gasteiger partial charge in [0.2, 0.25) is 5.91 Å². The van der Waals surface area contributed by atoms with Crippen LogP contribution >= 0.6 is 0 Å². The molecule has 1 aliphatic rings. The van der Waals surface area contributed by atoms with Crippen molar-refractivity contribution in [3.05, 3.63) is 35.9 Å². The van der Waals surface area contributed by atoms with Gasteiger partial charge in [-0.05, 0) is 19.1 Å². The molecule has 0 unspecified atom stereocenters.